The summed E-state index contributed by atoms with van der Waals surface area (Å²) in [5, 5.41) is 0. The molecule has 1 heterocycles. The van der Waals surface area contributed by atoms with Crippen LogP contribution < -0.4 is 0 Å². The third kappa shape index (κ3) is 2.26. The molecule has 1 rings (SSSR count). The van der Waals surface area contributed by atoms with Crippen LogP contribution in [0.4, 0.5) is 0 Å². The van der Waals surface area contributed by atoms with Gasteiger partial charge in [0.05, 0.1) is 5.76 Å². The molecule has 0 N–H and O–H groups in total. The highest BCUT2D eigenvalue weighted by Gasteiger charge is 2.25. The second-order valence-corrected chi connectivity index (χ2v) is 3.67. The number of hydrogen-bond donors (Lipinski definition) is 0. The van der Waals surface area contributed by atoms with Crippen molar-refractivity contribution in [1.82, 2.24) is 0 Å². The predicted molar refractivity (Wildman–Crippen MR) is 51.9 cm³/mol. The molecule has 1 aliphatic rings. The summed E-state index contributed by atoms with van der Waals surface area (Å²) in [5.74, 6) is 1.82. The summed E-state index contributed by atoms with van der Waals surface area (Å²) in [6, 6.07) is 0. The summed E-state index contributed by atoms with van der Waals surface area (Å²) in [4.78, 5) is 0. The van der Waals surface area contributed by atoms with Gasteiger partial charge in [0.1, 0.15) is 6.10 Å². The highest BCUT2D eigenvalue weighted by molar-refractivity contribution is 5.03. The van der Waals surface area contributed by atoms with Crippen LogP contribution in [0.2, 0.25) is 0 Å². The van der Waals surface area contributed by atoms with E-state index in [1.54, 1.807) is 0 Å². The van der Waals surface area contributed by atoms with Crippen LogP contribution in [0, 0.1) is 5.92 Å². The Morgan fingerprint density at radius 3 is 2.50 bits per heavy atom. The average molecular weight is 168 g/mol. The van der Waals surface area contributed by atoms with E-state index in [2.05, 4.69) is 26.8 Å². The molecule has 0 amide bonds. The molecule has 12 heavy (non-hydrogen) atoms. The molecule has 0 radical (unpaired) electrons. The lowest BCUT2D eigenvalue weighted by Crippen LogP contribution is -2.16. The smallest absolute Gasteiger partial charge is 0.105 e. The fourth-order valence-corrected chi connectivity index (χ4v) is 1.93. The van der Waals surface area contributed by atoms with Gasteiger partial charge in [-0.2, -0.15) is 0 Å². The molecular formula is C11H20O. The van der Waals surface area contributed by atoms with Crippen LogP contribution in [0.5, 0.6) is 0 Å². The molecule has 70 valence electrons. The second-order valence-electron chi connectivity index (χ2n) is 3.67. The first-order chi connectivity index (χ1) is 5.77. The van der Waals surface area contributed by atoms with Gasteiger partial charge in [0.25, 0.3) is 0 Å². The summed E-state index contributed by atoms with van der Waals surface area (Å²) in [6.07, 6.45) is 7.75. The first-order valence-electron chi connectivity index (χ1n) is 5.13. The Labute approximate surface area is 75.8 Å². The highest BCUT2D eigenvalue weighted by Crippen LogP contribution is 2.29. The lowest BCUT2D eigenvalue weighted by molar-refractivity contribution is 0.101. The van der Waals surface area contributed by atoms with Gasteiger partial charge in [-0.05, 0) is 25.8 Å². The van der Waals surface area contributed by atoms with Crippen molar-refractivity contribution < 1.29 is 4.74 Å². The zero-order valence-corrected chi connectivity index (χ0v) is 8.47. The van der Waals surface area contributed by atoms with Crippen molar-refractivity contribution in [2.24, 2.45) is 5.92 Å². The first kappa shape index (κ1) is 9.63. The van der Waals surface area contributed by atoms with E-state index in [9.17, 15) is 0 Å². The van der Waals surface area contributed by atoms with Gasteiger partial charge in [-0.1, -0.05) is 26.7 Å². The van der Waals surface area contributed by atoms with E-state index >= 15 is 0 Å². The van der Waals surface area contributed by atoms with E-state index < -0.39 is 0 Å². The van der Waals surface area contributed by atoms with Crippen LogP contribution in [0.15, 0.2) is 11.8 Å². The van der Waals surface area contributed by atoms with E-state index in [-0.39, 0.29) is 0 Å². The van der Waals surface area contributed by atoms with Gasteiger partial charge in [-0.25, -0.2) is 0 Å². The van der Waals surface area contributed by atoms with Crippen molar-refractivity contribution >= 4 is 0 Å². The molecule has 0 aromatic heterocycles. The first-order valence-corrected chi connectivity index (χ1v) is 5.13. The molecule has 0 saturated carbocycles. The van der Waals surface area contributed by atoms with E-state index in [0.717, 1.165) is 5.76 Å². The predicted octanol–water partition coefficient (Wildman–Crippen LogP) is 3.51. The van der Waals surface area contributed by atoms with Crippen LogP contribution in [0.1, 0.15) is 46.5 Å². The molecule has 2 unspecified atom stereocenters. The molecule has 0 bridgehead atoms. The maximum atomic E-state index is 5.73. The molecule has 1 nitrogen and oxygen atoms in total. The normalized spacial score (nSPS) is 28.4. The quantitative estimate of drug-likeness (QED) is 0.624. The van der Waals surface area contributed by atoms with Crippen molar-refractivity contribution in [2.45, 2.75) is 52.6 Å². The Morgan fingerprint density at radius 2 is 1.92 bits per heavy atom. The Morgan fingerprint density at radius 1 is 1.25 bits per heavy atom. The van der Waals surface area contributed by atoms with Crippen molar-refractivity contribution in [1.29, 1.82) is 0 Å². The van der Waals surface area contributed by atoms with Gasteiger partial charge in [0.2, 0.25) is 0 Å². The van der Waals surface area contributed by atoms with Gasteiger partial charge in [-0.3, -0.25) is 0 Å². The van der Waals surface area contributed by atoms with Gasteiger partial charge in [-0.15, -0.1) is 0 Å². The van der Waals surface area contributed by atoms with Gasteiger partial charge < -0.3 is 4.74 Å². The topological polar surface area (TPSA) is 9.23 Å². The minimum atomic E-state index is 0.481. The Balaban J connectivity index is 2.43. The molecular weight excluding hydrogens is 148 g/mol. The second kappa shape index (κ2) is 4.54. The molecule has 0 saturated heterocycles. The van der Waals surface area contributed by atoms with E-state index in [1.807, 2.05) is 0 Å². The Hall–Kier alpha value is -0.460. The fourth-order valence-electron chi connectivity index (χ4n) is 1.93. The standard InChI is InChI=1S/C11H20O/c1-4-6-10-8-9(3)12-11(10)7-5-2/h8,10-11H,4-7H2,1-3H3. The summed E-state index contributed by atoms with van der Waals surface area (Å²) in [7, 11) is 0. The van der Waals surface area contributed by atoms with Crippen molar-refractivity contribution in [3.63, 3.8) is 0 Å². The largest absolute Gasteiger partial charge is 0.495 e. The summed E-state index contributed by atoms with van der Waals surface area (Å²) in [5.41, 5.74) is 0. The molecule has 1 aliphatic heterocycles. The number of rotatable bonds is 4. The Kier molecular flexibility index (Phi) is 3.64. The lowest BCUT2D eigenvalue weighted by Gasteiger charge is -2.17. The maximum Gasteiger partial charge on any atom is 0.105 e. The fraction of sp³-hybridized carbons (Fsp3) is 0.818. The zero-order valence-electron chi connectivity index (χ0n) is 8.47. The van der Waals surface area contributed by atoms with Crippen LogP contribution >= 0.6 is 0 Å². The van der Waals surface area contributed by atoms with Crippen LogP contribution in [0.3, 0.4) is 0 Å². The SMILES string of the molecule is CCCC1C=C(C)OC1CCC. The molecule has 0 aromatic rings. The average Bonchev–Trinajstić information content (AvgIpc) is 2.33. The summed E-state index contributed by atoms with van der Waals surface area (Å²) >= 11 is 0. The third-order valence-corrected chi connectivity index (χ3v) is 2.46. The summed E-state index contributed by atoms with van der Waals surface area (Å²) < 4.78 is 5.73. The van der Waals surface area contributed by atoms with Crippen LogP contribution in [0.25, 0.3) is 0 Å². The van der Waals surface area contributed by atoms with Crippen LogP contribution in [-0.4, -0.2) is 6.10 Å². The Bertz CT molecular complexity index is 160. The third-order valence-electron chi connectivity index (χ3n) is 2.46. The molecule has 0 spiro atoms. The molecule has 0 aromatic carbocycles. The minimum Gasteiger partial charge on any atom is -0.495 e. The number of hydrogen-bond acceptors (Lipinski definition) is 1. The number of ether oxygens (including phenoxy) is 1. The summed E-state index contributed by atoms with van der Waals surface area (Å²) in [6.45, 7) is 6.53. The van der Waals surface area contributed by atoms with Crippen molar-refractivity contribution in [2.75, 3.05) is 0 Å². The maximum absolute atomic E-state index is 5.73. The molecule has 1 heteroatoms. The van der Waals surface area contributed by atoms with Crippen LogP contribution in [-0.2, 0) is 4.74 Å². The lowest BCUT2D eigenvalue weighted by atomic mass is 9.95. The molecule has 0 aliphatic carbocycles. The zero-order chi connectivity index (χ0) is 8.97. The van der Waals surface area contributed by atoms with E-state index in [1.165, 1.54) is 25.7 Å². The van der Waals surface area contributed by atoms with Gasteiger partial charge in [0, 0.05) is 5.92 Å². The minimum absolute atomic E-state index is 0.481. The highest BCUT2D eigenvalue weighted by atomic mass is 16.5. The van der Waals surface area contributed by atoms with Crippen molar-refractivity contribution in [3.8, 4) is 0 Å². The molecule has 2 atom stereocenters. The van der Waals surface area contributed by atoms with E-state index in [0.29, 0.717) is 12.0 Å². The van der Waals surface area contributed by atoms with Gasteiger partial charge in [0.15, 0.2) is 0 Å². The van der Waals surface area contributed by atoms with Crippen molar-refractivity contribution in [3.05, 3.63) is 11.8 Å². The number of allylic oxidation sites excluding steroid dienone is 1. The van der Waals surface area contributed by atoms with Gasteiger partial charge >= 0.3 is 0 Å². The molecule has 0 fully saturated rings. The monoisotopic (exact) mass is 168 g/mol. The van der Waals surface area contributed by atoms with E-state index in [4.69, 9.17) is 4.74 Å².